The van der Waals surface area contributed by atoms with E-state index >= 15 is 0 Å². The Bertz CT molecular complexity index is 347. The summed E-state index contributed by atoms with van der Waals surface area (Å²) in [6.45, 7) is 7.03. The van der Waals surface area contributed by atoms with Crippen LogP contribution in [0.5, 0.6) is 0 Å². The zero-order chi connectivity index (χ0) is 11.8. The third kappa shape index (κ3) is 2.76. The molecule has 0 spiro atoms. The molecule has 2 rings (SSSR count). The first-order valence-corrected chi connectivity index (χ1v) is 7.92. The van der Waals surface area contributed by atoms with Crippen molar-refractivity contribution in [2.45, 2.75) is 38.3 Å². The van der Waals surface area contributed by atoms with E-state index in [0.717, 1.165) is 13.1 Å². The van der Waals surface area contributed by atoms with E-state index in [0.29, 0.717) is 18.1 Å². The molecule has 16 heavy (non-hydrogen) atoms. The van der Waals surface area contributed by atoms with Crippen molar-refractivity contribution >= 4 is 9.84 Å². The quantitative estimate of drug-likeness (QED) is 0.759. The van der Waals surface area contributed by atoms with Crippen molar-refractivity contribution in [3.63, 3.8) is 0 Å². The fourth-order valence-corrected chi connectivity index (χ4v) is 4.43. The van der Waals surface area contributed by atoms with Gasteiger partial charge in [0.2, 0.25) is 0 Å². The van der Waals surface area contributed by atoms with Gasteiger partial charge in [0.05, 0.1) is 11.5 Å². The molecular weight excluding hydrogens is 224 g/mol. The van der Waals surface area contributed by atoms with Crippen LogP contribution in [0.2, 0.25) is 0 Å². The minimum atomic E-state index is -2.78. The summed E-state index contributed by atoms with van der Waals surface area (Å²) in [7, 11) is -2.78. The summed E-state index contributed by atoms with van der Waals surface area (Å²) in [5, 5.41) is 3.53. The molecule has 94 valence electrons. The molecule has 2 aliphatic heterocycles. The van der Waals surface area contributed by atoms with Crippen molar-refractivity contribution < 1.29 is 8.42 Å². The molecule has 2 aliphatic rings. The normalized spacial score (nSPS) is 40.0. The van der Waals surface area contributed by atoms with Crippen molar-refractivity contribution in [2.75, 3.05) is 31.1 Å². The predicted molar refractivity (Wildman–Crippen MR) is 65.3 cm³/mol. The molecule has 2 atom stereocenters. The summed E-state index contributed by atoms with van der Waals surface area (Å²) in [5.41, 5.74) is 0.190. The van der Waals surface area contributed by atoms with Crippen LogP contribution in [0.25, 0.3) is 0 Å². The Labute approximate surface area is 98.3 Å². The van der Waals surface area contributed by atoms with E-state index in [2.05, 4.69) is 17.1 Å². The first-order valence-electron chi connectivity index (χ1n) is 6.10. The molecule has 2 heterocycles. The molecular formula is C11H22N2O2S. The molecule has 2 saturated heterocycles. The number of sulfone groups is 1. The largest absolute Gasteiger partial charge is 0.310 e. The number of hydrogen-bond donors (Lipinski definition) is 1. The van der Waals surface area contributed by atoms with E-state index in [-0.39, 0.29) is 11.6 Å². The molecule has 0 aromatic rings. The maximum absolute atomic E-state index is 11.5. The average molecular weight is 246 g/mol. The van der Waals surface area contributed by atoms with Crippen LogP contribution >= 0.6 is 0 Å². The van der Waals surface area contributed by atoms with Crippen LogP contribution in [0.3, 0.4) is 0 Å². The van der Waals surface area contributed by atoms with Gasteiger partial charge in [0, 0.05) is 24.7 Å². The third-order valence-electron chi connectivity index (χ3n) is 3.82. The van der Waals surface area contributed by atoms with E-state index in [1.54, 1.807) is 0 Å². The highest BCUT2D eigenvalue weighted by molar-refractivity contribution is 7.91. The Kier molecular flexibility index (Phi) is 3.29. The number of nitrogens with zero attached hydrogens (tertiary/aromatic N) is 1. The van der Waals surface area contributed by atoms with Gasteiger partial charge in [-0.15, -0.1) is 0 Å². The van der Waals surface area contributed by atoms with Gasteiger partial charge in [0.25, 0.3) is 0 Å². The molecule has 0 amide bonds. The smallest absolute Gasteiger partial charge is 0.153 e. The van der Waals surface area contributed by atoms with E-state index in [9.17, 15) is 8.42 Å². The van der Waals surface area contributed by atoms with Crippen molar-refractivity contribution in [1.82, 2.24) is 10.2 Å². The second-order valence-electron chi connectivity index (χ2n) is 5.52. The lowest BCUT2D eigenvalue weighted by molar-refractivity contribution is 0.170. The van der Waals surface area contributed by atoms with Gasteiger partial charge in [0.1, 0.15) is 0 Å². The Morgan fingerprint density at radius 2 is 2.25 bits per heavy atom. The van der Waals surface area contributed by atoms with Gasteiger partial charge in [-0.2, -0.15) is 0 Å². The summed E-state index contributed by atoms with van der Waals surface area (Å²) in [6.07, 6.45) is 2.43. The molecule has 0 bridgehead atoms. The average Bonchev–Trinajstić information content (AvgIpc) is 2.57. The maximum Gasteiger partial charge on any atom is 0.153 e. The second kappa shape index (κ2) is 4.27. The first kappa shape index (κ1) is 12.3. The lowest BCUT2D eigenvalue weighted by Crippen LogP contribution is -2.55. The zero-order valence-corrected chi connectivity index (χ0v) is 11.0. The molecule has 2 unspecified atom stereocenters. The zero-order valence-electron chi connectivity index (χ0n) is 10.2. The standard InChI is InChI=1S/C11H22N2O2S/c1-10-8-16(14,15)7-6-13(10)9-11(2)4-3-5-12-11/h10,12H,3-9H2,1-2H3. The van der Waals surface area contributed by atoms with Crippen molar-refractivity contribution in [1.29, 1.82) is 0 Å². The summed E-state index contributed by atoms with van der Waals surface area (Å²) in [4.78, 5) is 2.32. The maximum atomic E-state index is 11.5. The van der Waals surface area contributed by atoms with Gasteiger partial charge in [0.15, 0.2) is 9.84 Å². The summed E-state index contributed by atoms with van der Waals surface area (Å²) in [6, 6.07) is 0.165. The van der Waals surface area contributed by atoms with Gasteiger partial charge in [-0.3, -0.25) is 4.90 Å². The SMILES string of the molecule is CC1CS(=O)(=O)CCN1CC1(C)CCCN1. The molecule has 0 aromatic heterocycles. The highest BCUT2D eigenvalue weighted by Gasteiger charge is 2.35. The molecule has 4 nitrogen and oxygen atoms in total. The minimum Gasteiger partial charge on any atom is -0.310 e. The van der Waals surface area contributed by atoms with E-state index < -0.39 is 9.84 Å². The topological polar surface area (TPSA) is 49.4 Å². The Morgan fingerprint density at radius 1 is 1.50 bits per heavy atom. The van der Waals surface area contributed by atoms with Crippen LogP contribution in [-0.4, -0.2) is 56.0 Å². The monoisotopic (exact) mass is 246 g/mol. The van der Waals surface area contributed by atoms with Crippen LogP contribution in [0, 0.1) is 0 Å². The number of hydrogen-bond acceptors (Lipinski definition) is 4. The highest BCUT2D eigenvalue weighted by Crippen LogP contribution is 2.22. The van der Waals surface area contributed by atoms with Gasteiger partial charge < -0.3 is 5.32 Å². The van der Waals surface area contributed by atoms with Crippen LogP contribution in [0.15, 0.2) is 0 Å². The molecule has 0 aromatic carbocycles. The van der Waals surface area contributed by atoms with Crippen LogP contribution in [0.4, 0.5) is 0 Å². The summed E-state index contributed by atoms with van der Waals surface area (Å²) < 4.78 is 23.0. The van der Waals surface area contributed by atoms with E-state index in [1.807, 2.05) is 6.92 Å². The Morgan fingerprint density at radius 3 is 2.81 bits per heavy atom. The Balaban J connectivity index is 1.96. The molecule has 0 saturated carbocycles. The fraction of sp³-hybridized carbons (Fsp3) is 1.00. The van der Waals surface area contributed by atoms with Gasteiger partial charge >= 0.3 is 0 Å². The molecule has 0 aliphatic carbocycles. The molecule has 2 fully saturated rings. The highest BCUT2D eigenvalue weighted by atomic mass is 32.2. The summed E-state index contributed by atoms with van der Waals surface area (Å²) >= 11 is 0. The number of nitrogens with one attached hydrogen (secondary N) is 1. The first-order chi connectivity index (χ1) is 7.40. The van der Waals surface area contributed by atoms with Crippen LogP contribution < -0.4 is 5.32 Å². The summed E-state index contributed by atoms with van der Waals surface area (Å²) in [5.74, 6) is 0.649. The van der Waals surface area contributed by atoms with E-state index in [1.165, 1.54) is 12.8 Å². The van der Waals surface area contributed by atoms with Crippen LogP contribution in [-0.2, 0) is 9.84 Å². The lowest BCUT2D eigenvalue weighted by atomic mass is 9.99. The molecule has 5 heteroatoms. The molecule has 1 N–H and O–H groups in total. The van der Waals surface area contributed by atoms with Crippen molar-refractivity contribution in [3.05, 3.63) is 0 Å². The van der Waals surface area contributed by atoms with Crippen molar-refractivity contribution in [2.24, 2.45) is 0 Å². The fourth-order valence-electron chi connectivity index (χ4n) is 2.81. The van der Waals surface area contributed by atoms with Gasteiger partial charge in [-0.05, 0) is 33.2 Å². The predicted octanol–water partition coefficient (Wildman–Crippen LogP) is 0.247. The Hall–Kier alpha value is -0.130. The molecule has 0 radical (unpaired) electrons. The van der Waals surface area contributed by atoms with Crippen LogP contribution in [0.1, 0.15) is 26.7 Å². The van der Waals surface area contributed by atoms with E-state index in [4.69, 9.17) is 0 Å². The second-order valence-corrected chi connectivity index (χ2v) is 7.75. The minimum absolute atomic E-state index is 0.165. The third-order valence-corrected chi connectivity index (χ3v) is 5.61. The van der Waals surface area contributed by atoms with Gasteiger partial charge in [-0.25, -0.2) is 8.42 Å². The number of rotatable bonds is 2. The van der Waals surface area contributed by atoms with Crippen molar-refractivity contribution in [3.8, 4) is 0 Å². The van der Waals surface area contributed by atoms with Gasteiger partial charge in [-0.1, -0.05) is 0 Å². The lowest BCUT2D eigenvalue weighted by Gasteiger charge is -2.38.